The van der Waals surface area contributed by atoms with Crippen LogP contribution in [0, 0.1) is 11.3 Å². The van der Waals surface area contributed by atoms with Gasteiger partial charge in [-0.25, -0.2) is 0 Å². The summed E-state index contributed by atoms with van der Waals surface area (Å²) in [4.78, 5) is 14.4. The molecule has 114 valence electrons. The van der Waals surface area contributed by atoms with Gasteiger partial charge in [-0.15, -0.1) is 12.4 Å². The summed E-state index contributed by atoms with van der Waals surface area (Å²) in [5.41, 5.74) is 0.0894. The summed E-state index contributed by atoms with van der Waals surface area (Å²) in [5.74, 6) is 0.430. The van der Waals surface area contributed by atoms with Crippen molar-refractivity contribution in [2.24, 2.45) is 11.3 Å². The highest BCUT2D eigenvalue weighted by Gasteiger charge is 2.30. The number of carbonyl (C=O) groups excluding carboxylic acids is 1. The smallest absolute Gasteiger partial charge is 0.223 e. The fraction of sp³-hybridized carbons (Fsp3) is 0.929. The maximum absolute atomic E-state index is 12.2. The first kappa shape index (κ1) is 18.7. The van der Waals surface area contributed by atoms with Gasteiger partial charge in [0, 0.05) is 18.5 Å². The third kappa shape index (κ3) is 6.11. The van der Waals surface area contributed by atoms with Gasteiger partial charge < -0.3 is 15.5 Å². The highest BCUT2D eigenvalue weighted by atomic mass is 35.5. The minimum atomic E-state index is 0. The zero-order valence-electron chi connectivity index (χ0n) is 13.0. The van der Waals surface area contributed by atoms with Crippen molar-refractivity contribution in [2.45, 2.75) is 39.7 Å². The average Bonchev–Trinajstić information content (AvgIpc) is 2.28. The second-order valence-electron chi connectivity index (χ2n) is 6.48. The summed E-state index contributed by atoms with van der Waals surface area (Å²) < 4.78 is 0. The van der Waals surface area contributed by atoms with Gasteiger partial charge in [0.05, 0.1) is 0 Å². The number of carbonyl (C=O) groups is 1. The topological polar surface area (TPSA) is 44.4 Å². The minimum Gasteiger partial charge on any atom is -0.353 e. The van der Waals surface area contributed by atoms with Crippen LogP contribution in [0.15, 0.2) is 0 Å². The lowest BCUT2D eigenvalue weighted by molar-refractivity contribution is -0.127. The first-order chi connectivity index (χ1) is 8.33. The van der Waals surface area contributed by atoms with E-state index in [1.807, 2.05) is 0 Å². The summed E-state index contributed by atoms with van der Waals surface area (Å²) in [7, 11) is 4.15. The van der Waals surface area contributed by atoms with E-state index in [1.54, 1.807) is 0 Å². The van der Waals surface area contributed by atoms with Gasteiger partial charge in [-0.1, -0.05) is 13.8 Å². The van der Waals surface area contributed by atoms with Crippen LogP contribution in [0.3, 0.4) is 0 Å². The van der Waals surface area contributed by atoms with Crippen molar-refractivity contribution in [1.82, 2.24) is 15.5 Å². The first-order valence-electron chi connectivity index (χ1n) is 6.99. The van der Waals surface area contributed by atoms with Crippen LogP contribution in [0.2, 0.25) is 0 Å². The van der Waals surface area contributed by atoms with Gasteiger partial charge in [0.15, 0.2) is 0 Å². The third-order valence-corrected chi connectivity index (χ3v) is 3.96. The second kappa shape index (κ2) is 8.08. The lowest BCUT2D eigenvalue weighted by atomic mass is 9.84. The molecule has 1 rings (SSSR count). The van der Waals surface area contributed by atoms with Crippen LogP contribution >= 0.6 is 12.4 Å². The molecule has 1 fully saturated rings. The highest BCUT2D eigenvalue weighted by Crippen LogP contribution is 2.22. The van der Waals surface area contributed by atoms with Gasteiger partial charge in [0.1, 0.15) is 0 Å². The molecular formula is C14H30ClN3O. The Balaban J connectivity index is 0.00000324. The normalized spacial score (nSPS) is 18.8. The van der Waals surface area contributed by atoms with E-state index in [9.17, 15) is 4.79 Å². The van der Waals surface area contributed by atoms with E-state index in [1.165, 1.54) is 0 Å². The van der Waals surface area contributed by atoms with Crippen molar-refractivity contribution in [3.63, 3.8) is 0 Å². The molecule has 0 radical (unpaired) electrons. The first-order valence-corrected chi connectivity index (χ1v) is 6.99. The molecule has 1 atom stereocenters. The lowest BCUT2D eigenvalue weighted by Crippen LogP contribution is -2.50. The van der Waals surface area contributed by atoms with E-state index >= 15 is 0 Å². The van der Waals surface area contributed by atoms with Crippen LogP contribution in [0.4, 0.5) is 0 Å². The molecule has 5 heteroatoms. The van der Waals surface area contributed by atoms with Crippen LogP contribution in [0.5, 0.6) is 0 Å². The van der Waals surface area contributed by atoms with E-state index in [0.29, 0.717) is 0 Å². The monoisotopic (exact) mass is 291 g/mol. The molecule has 0 saturated carbocycles. The molecule has 1 saturated heterocycles. The summed E-state index contributed by atoms with van der Waals surface area (Å²) in [5, 5.41) is 6.49. The van der Waals surface area contributed by atoms with Crippen molar-refractivity contribution in [1.29, 1.82) is 0 Å². The number of hydrogen-bond acceptors (Lipinski definition) is 3. The quantitative estimate of drug-likeness (QED) is 0.807. The number of halogens is 1. The van der Waals surface area contributed by atoms with Crippen molar-refractivity contribution in [2.75, 3.05) is 33.7 Å². The van der Waals surface area contributed by atoms with Crippen molar-refractivity contribution < 1.29 is 4.79 Å². The highest BCUT2D eigenvalue weighted by molar-refractivity contribution is 5.85. The Bertz CT molecular complexity index is 276. The molecule has 0 aromatic heterocycles. The van der Waals surface area contributed by atoms with Crippen molar-refractivity contribution in [3.8, 4) is 0 Å². The molecule has 1 amide bonds. The zero-order chi connectivity index (χ0) is 13.8. The van der Waals surface area contributed by atoms with Gasteiger partial charge in [-0.2, -0.15) is 0 Å². The van der Waals surface area contributed by atoms with Gasteiger partial charge in [0.25, 0.3) is 0 Å². The maximum atomic E-state index is 12.2. The molecule has 1 heterocycles. The van der Waals surface area contributed by atoms with Crippen LogP contribution in [-0.4, -0.2) is 50.6 Å². The molecule has 0 spiro atoms. The Labute approximate surface area is 124 Å². The van der Waals surface area contributed by atoms with E-state index in [-0.39, 0.29) is 35.7 Å². The molecular weight excluding hydrogens is 262 g/mol. The van der Waals surface area contributed by atoms with Gasteiger partial charge in [-0.3, -0.25) is 4.79 Å². The van der Waals surface area contributed by atoms with Gasteiger partial charge >= 0.3 is 0 Å². The Morgan fingerprint density at radius 2 is 1.89 bits per heavy atom. The third-order valence-electron chi connectivity index (χ3n) is 3.96. The molecule has 4 nitrogen and oxygen atoms in total. The fourth-order valence-corrected chi connectivity index (χ4v) is 2.56. The molecule has 1 aliphatic rings. The number of piperidine rings is 1. The molecule has 2 N–H and O–H groups in total. The zero-order valence-corrected chi connectivity index (χ0v) is 13.8. The molecule has 19 heavy (non-hydrogen) atoms. The SMILES string of the molecule is CC(NC(=O)C1CCNCC1)C(C)(C)CN(C)C.Cl. The lowest BCUT2D eigenvalue weighted by Gasteiger charge is -2.36. The Morgan fingerprint density at radius 1 is 1.37 bits per heavy atom. The molecule has 0 aromatic carbocycles. The molecule has 0 aliphatic carbocycles. The van der Waals surface area contributed by atoms with Crippen LogP contribution in [0.1, 0.15) is 33.6 Å². The Hall–Kier alpha value is -0.320. The summed E-state index contributed by atoms with van der Waals surface area (Å²) in [6.45, 7) is 9.44. The number of nitrogens with zero attached hydrogens (tertiary/aromatic N) is 1. The maximum Gasteiger partial charge on any atom is 0.223 e. The average molecular weight is 292 g/mol. The van der Waals surface area contributed by atoms with Crippen LogP contribution in [0.25, 0.3) is 0 Å². The van der Waals surface area contributed by atoms with Crippen molar-refractivity contribution in [3.05, 3.63) is 0 Å². The standard InChI is InChI=1S/C14H29N3O.ClH/c1-11(14(2,3)10-17(4)5)16-13(18)12-6-8-15-9-7-12;/h11-12,15H,6-10H2,1-5H3,(H,16,18);1H. The minimum absolute atomic E-state index is 0. The second-order valence-corrected chi connectivity index (χ2v) is 6.48. The predicted molar refractivity (Wildman–Crippen MR) is 82.8 cm³/mol. The van der Waals surface area contributed by atoms with Crippen molar-refractivity contribution >= 4 is 18.3 Å². The molecule has 0 bridgehead atoms. The Kier molecular flexibility index (Phi) is 7.94. The molecule has 0 aromatic rings. The van der Waals surface area contributed by atoms with E-state index < -0.39 is 0 Å². The number of nitrogens with one attached hydrogen (secondary N) is 2. The van der Waals surface area contributed by atoms with E-state index in [2.05, 4.69) is 50.4 Å². The van der Waals surface area contributed by atoms with E-state index in [0.717, 1.165) is 32.5 Å². The number of rotatable bonds is 5. The van der Waals surface area contributed by atoms with Gasteiger partial charge in [-0.05, 0) is 52.4 Å². The molecule has 1 aliphatic heterocycles. The fourth-order valence-electron chi connectivity index (χ4n) is 2.56. The summed E-state index contributed by atoms with van der Waals surface area (Å²) in [6.07, 6.45) is 1.93. The van der Waals surface area contributed by atoms with Crippen LogP contribution in [-0.2, 0) is 4.79 Å². The van der Waals surface area contributed by atoms with Crippen LogP contribution < -0.4 is 10.6 Å². The molecule has 1 unspecified atom stereocenters. The van der Waals surface area contributed by atoms with Gasteiger partial charge in [0.2, 0.25) is 5.91 Å². The number of hydrogen-bond donors (Lipinski definition) is 2. The number of amides is 1. The summed E-state index contributed by atoms with van der Waals surface area (Å²) in [6, 6.07) is 0.197. The largest absolute Gasteiger partial charge is 0.353 e. The van der Waals surface area contributed by atoms with E-state index in [4.69, 9.17) is 0 Å². The Morgan fingerprint density at radius 3 is 2.37 bits per heavy atom. The summed E-state index contributed by atoms with van der Waals surface area (Å²) >= 11 is 0. The predicted octanol–water partition coefficient (Wildman–Crippen LogP) is 1.50.